The summed E-state index contributed by atoms with van der Waals surface area (Å²) in [6, 6.07) is 0. The number of aliphatic hydroxyl groups is 1. The van der Waals surface area contributed by atoms with Gasteiger partial charge in [-0.2, -0.15) is 0 Å². The van der Waals surface area contributed by atoms with Crippen LogP contribution in [0.2, 0.25) is 0 Å². The van der Waals surface area contributed by atoms with Crippen LogP contribution in [0.4, 0.5) is 0 Å². The van der Waals surface area contributed by atoms with Gasteiger partial charge in [0.25, 0.3) is 0 Å². The highest BCUT2D eigenvalue weighted by molar-refractivity contribution is 5.69. The molecule has 0 bridgehead atoms. The van der Waals surface area contributed by atoms with E-state index < -0.39 is 5.97 Å². The first-order chi connectivity index (χ1) is 8.70. The van der Waals surface area contributed by atoms with Gasteiger partial charge in [-0.05, 0) is 25.7 Å². The Hall–Kier alpha value is -0.570. The zero-order valence-corrected chi connectivity index (χ0v) is 11.4. The van der Waals surface area contributed by atoms with Gasteiger partial charge in [-0.25, -0.2) is 0 Å². The first-order valence-corrected chi connectivity index (χ1v) is 7.61. The van der Waals surface area contributed by atoms with Gasteiger partial charge < -0.3 is 10.2 Å². The standard InChI is InChI=1S/C15H28O3/c16-14-10-8-6-4-2-1-3-5-7-9-13(11-12-14)15(17)18/h13-14,16H,1-12H2,(H,17,18). The zero-order chi connectivity index (χ0) is 13.2. The highest BCUT2D eigenvalue weighted by Gasteiger charge is 2.18. The zero-order valence-electron chi connectivity index (χ0n) is 11.4. The lowest BCUT2D eigenvalue weighted by Crippen LogP contribution is -2.17. The molecule has 0 heterocycles. The number of aliphatic hydroxyl groups excluding tert-OH is 1. The lowest BCUT2D eigenvalue weighted by Gasteiger charge is -2.16. The van der Waals surface area contributed by atoms with Gasteiger partial charge in [0.15, 0.2) is 0 Å². The SMILES string of the molecule is O=C(O)C1CCCCCCCCCCC(O)CC1. The molecule has 2 N–H and O–H groups in total. The van der Waals surface area contributed by atoms with Gasteiger partial charge in [-0.1, -0.05) is 51.4 Å². The Kier molecular flexibility index (Phi) is 8.06. The van der Waals surface area contributed by atoms with E-state index in [-0.39, 0.29) is 12.0 Å². The normalized spacial score (nSPS) is 29.4. The molecule has 1 aliphatic rings. The minimum Gasteiger partial charge on any atom is -0.481 e. The van der Waals surface area contributed by atoms with Crippen molar-refractivity contribution in [2.24, 2.45) is 5.92 Å². The van der Waals surface area contributed by atoms with Crippen molar-refractivity contribution in [2.75, 3.05) is 0 Å². The van der Waals surface area contributed by atoms with E-state index in [1.54, 1.807) is 0 Å². The van der Waals surface area contributed by atoms with Crippen LogP contribution < -0.4 is 0 Å². The van der Waals surface area contributed by atoms with E-state index >= 15 is 0 Å². The molecule has 0 saturated heterocycles. The summed E-state index contributed by atoms with van der Waals surface area (Å²) < 4.78 is 0. The van der Waals surface area contributed by atoms with Crippen LogP contribution >= 0.6 is 0 Å². The van der Waals surface area contributed by atoms with E-state index in [1.165, 1.54) is 32.1 Å². The molecule has 2 atom stereocenters. The Morgan fingerprint density at radius 2 is 1.22 bits per heavy atom. The molecule has 106 valence electrons. The van der Waals surface area contributed by atoms with Gasteiger partial charge in [-0.3, -0.25) is 4.79 Å². The molecule has 0 spiro atoms. The highest BCUT2D eigenvalue weighted by Crippen LogP contribution is 2.21. The molecule has 0 aromatic carbocycles. The first-order valence-electron chi connectivity index (χ1n) is 7.61. The molecule has 3 heteroatoms. The number of hydrogen-bond donors (Lipinski definition) is 2. The van der Waals surface area contributed by atoms with E-state index in [9.17, 15) is 9.90 Å². The molecule has 1 aliphatic carbocycles. The summed E-state index contributed by atoms with van der Waals surface area (Å²) in [7, 11) is 0. The minimum atomic E-state index is -0.686. The van der Waals surface area contributed by atoms with Crippen LogP contribution in [0.1, 0.15) is 77.0 Å². The van der Waals surface area contributed by atoms with Crippen molar-refractivity contribution < 1.29 is 15.0 Å². The third-order valence-corrected chi connectivity index (χ3v) is 4.04. The van der Waals surface area contributed by atoms with Crippen molar-refractivity contribution in [3.8, 4) is 0 Å². The van der Waals surface area contributed by atoms with Crippen molar-refractivity contribution >= 4 is 5.97 Å². The topological polar surface area (TPSA) is 57.5 Å². The maximum Gasteiger partial charge on any atom is 0.306 e. The largest absolute Gasteiger partial charge is 0.481 e. The second-order valence-corrected chi connectivity index (χ2v) is 5.67. The van der Waals surface area contributed by atoms with Crippen LogP contribution in [-0.2, 0) is 4.79 Å². The molecule has 1 saturated carbocycles. The van der Waals surface area contributed by atoms with Gasteiger partial charge >= 0.3 is 5.97 Å². The van der Waals surface area contributed by atoms with Crippen molar-refractivity contribution in [1.29, 1.82) is 0 Å². The summed E-state index contributed by atoms with van der Waals surface area (Å²) in [6.07, 6.45) is 12.2. The summed E-state index contributed by atoms with van der Waals surface area (Å²) in [4.78, 5) is 11.1. The second kappa shape index (κ2) is 9.37. The molecular formula is C15H28O3. The molecule has 3 nitrogen and oxygen atoms in total. The van der Waals surface area contributed by atoms with Crippen molar-refractivity contribution in [3.63, 3.8) is 0 Å². The van der Waals surface area contributed by atoms with Crippen molar-refractivity contribution in [1.82, 2.24) is 0 Å². The first kappa shape index (κ1) is 15.5. The van der Waals surface area contributed by atoms with Crippen LogP contribution in [0.5, 0.6) is 0 Å². The van der Waals surface area contributed by atoms with Crippen LogP contribution in [-0.4, -0.2) is 22.3 Å². The van der Waals surface area contributed by atoms with Gasteiger partial charge in [0, 0.05) is 0 Å². The molecule has 1 fully saturated rings. The third-order valence-electron chi connectivity index (χ3n) is 4.04. The number of carbonyl (C=O) groups is 1. The number of carboxylic acid groups (broad SMARTS) is 1. The average Bonchev–Trinajstić information content (AvgIpc) is 2.34. The van der Waals surface area contributed by atoms with Gasteiger partial charge in [-0.15, -0.1) is 0 Å². The van der Waals surface area contributed by atoms with E-state index in [2.05, 4.69) is 0 Å². The minimum absolute atomic E-state index is 0.248. The molecule has 18 heavy (non-hydrogen) atoms. The van der Waals surface area contributed by atoms with Crippen LogP contribution in [0, 0.1) is 5.92 Å². The third kappa shape index (κ3) is 7.00. The molecule has 0 aromatic heterocycles. The van der Waals surface area contributed by atoms with Crippen molar-refractivity contribution in [3.05, 3.63) is 0 Å². The van der Waals surface area contributed by atoms with Gasteiger partial charge in [0.1, 0.15) is 0 Å². The van der Waals surface area contributed by atoms with Crippen molar-refractivity contribution in [2.45, 2.75) is 83.2 Å². The molecule has 0 amide bonds. The number of aliphatic carboxylic acids is 1. The Morgan fingerprint density at radius 3 is 1.78 bits per heavy atom. The van der Waals surface area contributed by atoms with Crippen LogP contribution in [0.25, 0.3) is 0 Å². The molecular weight excluding hydrogens is 228 g/mol. The monoisotopic (exact) mass is 256 g/mol. The van der Waals surface area contributed by atoms with Crippen LogP contribution in [0.3, 0.4) is 0 Å². The predicted octanol–water partition coefficient (Wildman–Crippen LogP) is 3.74. The molecule has 0 aliphatic heterocycles. The summed E-state index contributed by atoms with van der Waals surface area (Å²) in [5, 5.41) is 19.0. The molecule has 0 aromatic rings. The highest BCUT2D eigenvalue weighted by atomic mass is 16.4. The van der Waals surface area contributed by atoms with Crippen LogP contribution in [0.15, 0.2) is 0 Å². The van der Waals surface area contributed by atoms with E-state index in [4.69, 9.17) is 5.11 Å². The summed E-state index contributed by atoms with van der Waals surface area (Å²) in [5.41, 5.74) is 0. The Morgan fingerprint density at radius 1 is 0.722 bits per heavy atom. The fourth-order valence-electron chi connectivity index (χ4n) is 2.76. The fourth-order valence-corrected chi connectivity index (χ4v) is 2.76. The Labute approximate surface area is 111 Å². The molecule has 2 unspecified atom stereocenters. The maximum absolute atomic E-state index is 11.1. The summed E-state index contributed by atoms with van der Waals surface area (Å²) >= 11 is 0. The summed E-state index contributed by atoms with van der Waals surface area (Å²) in [6.45, 7) is 0. The van der Waals surface area contributed by atoms with E-state index in [0.29, 0.717) is 12.8 Å². The number of carboxylic acids is 1. The number of rotatable bonds is 1. The summed E-state index contributed by atoms with van der Waals surface area (Å²) in [5.74, 6) is -0.933. The maximum atomic E-state index is 11.1. The Balaban J connectivity index is 2.37. The predicted molar refractivity (Wildman–Crippen MR) is 72.5 cm³/mol. The Bertz CT molecular complexity index is 228. The van der Waals surface area contributed by atoms with Gasteiger partial charge in [0.05, 0.1) is 12.0 Å². The molecule has 0 radical (unpaired) electrons. The quantitative estimate of drug-likeness (QED) is 0.751. The molecule has 1 rings (SSSR count). The van der Waals surface area contributed by atoms with E-state index in [0.717, 1.165) is 32.1 Å². The lowest BCUT2D eigenvalue weighted by molar-refractivity contribution is -0.142. The van der Waals surface area contributed by atoms with Gasteiger partial charge in [0.2, 0.25) is 0 Å². The second-order valence-electron chi connectivity index (χ2n) is 5.67. The van der Waals surface area contributed by atoms with E-state index in [1.807, 2.05) is 0 Å². The smallest absolute Gasteiger partial charge is 0.306 e. The average molecular weight is 256 g/mol. The number of hydrogen-bond acceptors (Lipinski definition) is 2. The lowest BCUT2D eigenvalue weighted by atomic mass is 9.92. The fraction of sp³-hybridized carbons (Fsp3) is 0.933.